The highest BCUT2D eigenvalue weighted by molar-refractivity contribution is 6.42. The van der Waals surface area contributed by atoms with Gasteiger partial charge < -0.3 is 19.8 Å². The molecule has 1 spiro atoms. The molecule has 30 heavy (non-hydrogen) atoms. The molecule has 0 bridgehead atoms. The van der Waals surface area contributed by atoms with Crippen molar-refractivity contribution in [2.75, 3.05) is 37.6 Å². The third-order valence-corrected chi connectivity index (χ3v) is 7.76. The van der Waals surface area contributed by atoms with Gasteiger partial charge >= 0.3 is 0 Å². The number of piperazine rings is 1. The molecule has 3 aliphatic rings. The number of carbonyl (C=O) groups is 2. The summed E-state index contributed by atoms with van der Waals surface area (Å²) in [5.74, 6) is 0.142. The SMILES string of the molecule is C[C@@H]1C(=O)N(CCCC(=O)N2CCC3(CC3)[C@H](O)C2)CCN1c1ccc(Cl)c(Cl)c1. The summed E-state index contributed by atoms with van der Waals surface area (Å²) in [7, 11) is 0. The highest BCUT2D eigenvalue weighted by Gasteiger charge is 2.51. The summed E-state index contributed by atoms with van der Waals surface area (Å²) >= 11 is 12.1. The first kappa shape index (κ1) is 21.7. The lowest BCUT2D eigenvalue weighted by Crippen LogP contribution is -2.56. The van der Waals surface area contributed by atoms with Crippen molar-refractivity contribution in [3.05, 3.63) is 28.2 Å². The van der Waals surface area contributed by atoms with Crippen LogP contribution >= 0.6 is 23.2 Å². The minimum absolute atomic E-state index is 0.0591. The molecule has 164 valence electrons. The summed E-state index contributed by atoms with van der Waals surface area (Å²) in [5, 5.41) is 11.3. The zero-order valence-corrected chi connectivity index (χ0v) is 18.8. The summed E-state index contributed by atoms with van der Waals surface area (Å²) in [6, 6.07) is 5.13. The third kappa shape index (κ3) is 4.27. The molecular formula is C22H29Cl2N3O3. The summed E-state index contributed by atoms with van der Waals surface area (Å²) in [6.07, 6.45) is 3.75. The van der Waals surface area contributed by atoms with Gasteiger partial charge in [0.1, 0.15) is 6.04 Å². The number of benzene rings is 1. The van der Waals surface area contributed by atoms with Crippen LogP contribution in [0.4, 0.5) is 5.69 Å². The third-order valence-electron chi connectivity index (χ3n) is 7.03. The van der Waals surface area contributed by atoms with E-state index in [4.69, 9.17) is 23.2 Å². The predicted molar refractivity (Wildman–Crippen MR) is 118 cm³/mol. The van der Waals surface area contributed by atoms with Gasteiger partial charge in [0.05, 0.1) is 16.1 Å². The van der Waals surface area contributed by atoms with E-state index in [0.29, 0.717) is 49.1 Å². The van der Waals surface area contributed by atoms with E-state index in [9.17, 15) is 14.7 Å². The van der Waals surface area contributed by atoms with Crippen LogP contribution in [0.15, 0.2) is 18.2 Å². The van der Waals surface area contributed by atoms with Crippen LogP contribution in [-0.4, -0.2) is 71.6 Å². The number of anilines is 1. The Bertz CT molecular complexity index is 830. The lowest BCUT2D eigenvalue weighted by Gasteiger charge is -2.40. The zero-order chi connectivity index (χ0) is 21.5. The Kier molecular flexibility index (Phi) is 6.20. The van der Waals surface area contributed by atoms with Gasteiger partial charge in [-0.3, -0.25) is 9.59 Å². The predicted octanol–water partition coefficient (Wildman–Crippen LogP) is 3.18. The summed E-state index contributed by atoms with van der Waals surface area (Å²) in [6.45, 7) is 4.99. The average Bonchev–Trinajstić information content (AvgIpc) is 3.50. The Morgan fingerprint density at radius 2 is 1.93 bits per heavy atom. The lowest BCUT2D eigenvalue weighted by molar-refractivity contribution is -0.138. The van der Waals surface area contributed by atoms with Crippen LogP contribution < -0.4 is 4.90 Å². The number of nitrogens with zero attached hydrogens (tertiary/aromatic N) is 3. The van der Waals surface area contributed by atoms with E-state index in [1.807, 2.05) is 22.8 Å². The van der Waals surface area contributed by atoms with Gasteiger partial charge in [-0.25, -0.2) is 0 Å². The number of carbonyl (C=O) groups excluding carboxylic acids is 2. The Hall–Kier alpha value is -1.50. The maximum atomic E-state index is 12.9. The number of hydrogen-bond donors (Lipinski definition) is 1. The van der Waals surface area contributed by atoms with Gasteiger partial charge in [-0.05, 0) is 56.2 Å². The highest BCUT2D eigenvalue weighted by atomic mass is 35.5. The molecule has 1 aliphatic carbocycles. The van der Waals surface area contributed by atoms with Crippen LogP contribution in [0.25, 0.3) is 0 Å². The first-order valence-electron chi connectivity index (χ1n) is 10.8. The fourth-order valence-electron chi connectivity index (χ4n) is 4.74. The number of rotatable bonds is 5. The maximum Gasteiger partial charge on any atom is 0.245 e. The number of likely N-dealkylation sites (tertiary alicyclic amines) is 1. The Labute approximate surface area is 187 Å². The van der Waals surface area contributed by atoms with Crippen LogP contribution in [-0.2, 0) is 9.59 Å². The Morgan fingerprint density at radius 1 is 1.17 bits per heavy atom. The molecule has 2 saturated heterocycles. The molecule has 6 nitrogen and oxygen atoms in total. The van der Waals surface area contributed by atoms with Crippen molar-refractivity contribution >= 4 is 40.7 Å². The van der Waals surface area contributed by atoms with Crippen molar-refractivity contribution in [3.63, 3.8) is 0 Å². The van der Waals surface area contributed by atoms with E-state index in [2.05, 4.69) is 0 Å². The van der Waals surface area contributed by atoms with E-state index >= 15 is 0 Å². The molecule has 4 rings (SSSR count). The topological polar surface area (TPSA) is 64.1 Å². The van der Waals surface area contributed by atoms with Crippen molar-refractivity contribution in [2.24, 2.45) is 5.41 Å². The second-order valence-electron chi connectivity index (χ2n) is 8.86. The van der Waals surface area contributed by atoms with E-state index in [1.54, 1.807) is 17.0 Å². The van der Waals surface area contributed by atoms with Gasteiger partial charge in [0.2, 0.25) is 11.8 Å². The number of aliphatic hydroxyl groups is 1. The van der Waals surface area contributed by atoms with E-state index in [-0.39, 0.29) is 29.4 Å². The molecule has 2 amide bonds. The number of β-amino-alcohol motifs (C(OH)–C–C–N with tert-alkyl or cyclic N) is 1. The van der Waals surface area contributed by atoms with Crippen LogP contribution in [0, 0.1) is 5.41 Å². The fraction of sp³-hybridized carbons (Fsp3) is 0.636. The van der Waals surface area contributed by atoms with Crippen LogP contribution in [0.5, 0.6) is 0 Å². The van der Waals surface area contributed by atoms with Crippen molar-refractivity contribution < 1.29 is 14.7 Å². The number of amides is 2. The summed E-state index contributed by atoms with van der Waals surface area (Å²) in [4.78, 5) is 31.1. The first-order chi connectivity index (χ1) is 14.3. The number of hydrogen-bond acceptors (Lipinski definition) is 4. The minimum atomic E-state index is -0.382. The standard InChI is InChI=1S/C22H29Cl2N3O3/c1-15-21(30)25(11-12-27(15)16-4-5-17(23)18(24)13-16)9-2-3-20(29)26-10-8-22(6-7-22)19(28)14-26/h4-5,13,15,19,28H,2-3,6-12,14H2,1H3/t15-,19-/m1/s1. The van der Waals surface area contributed by atoms with Crippen molar-refractivity contribution in [1.82, 2.24) is 9.80 Å². The molecule has 2 atom stereocenters. The molecule has 3 fully saturated rings. The molecule has 0 aromatic heterocycles. The van der Waals surface area contributed by atoms with E-state index in [0.717, 1.165) is 31.5 Å². The molecule has 0 radical (unpaired) electrons. The monoisotopic (exact) mass is 453 g/mol. The number of aliphatic hydroxyl groups excluding tert-OH is 1. The van der Waals surface area contributed by atoms with E-state index in [1.165, 1.54) is 0 Å². The number of piperidine rings is 1. The molecule has 2 aliphatic heterocycles. The van der Waals surface area contributed by atoms with Crippen molar-refractivity contribution in [2.45, 2.75) is 51.2 Å². The summed E-state index contributed by atoms with van der Waals surface area (Å²) in [5.41, 5.74) is 0.991. The van der Waals surface area contributed by atoms with E-state index < -0.39 is 0 Å². The largest absolute Gasteiger partial charge is 0.391 e. The first-order valence-corrected chi connectivity index (χ1v) is 11.5. The summed E-state index contributed by atoms with van der Waals surface area (Å²) < 4.78 is 0. The minimum Gasteiger partial charge on any atom is -0.391 e. The van der Waals surface area contributed by atoms with Gasteiger partial charge in [0.25, 0.3) is 0 Å². The van der Waals surface area contributed by atoms with Gasteiger partial charge in [0, 0.05) is 44.8 Å². The van der Waals surface area contributed by atoms with Gasteiger partial charge in [-0.2, -0.15) is 0 Å². The van der Waals surface area contributed by atoms with Gasteiger partial charge in [-0.15, -0.1) is 0 Å². The van der Waals surface area contributed by atoms with Crippen molar-refractivity contribution in [1.29, 1.82) is 0 Å². The second-order valence-corrected chi connectivity index (χ2v) is 9.68. The smallest absolute Gasteiger partial charge is 0.245 e. The average molecular weight is 454 g/mol. The molecule has 0 unspecified atom stereocenters. The lowest BCUT2D eigenvalue weighted by atomic mass is 9.90. The quantitative estimate of drug-likeness (QED) is 0.743. The molecule has 8 heteroatoms. The Balaban J connectivity index is 1.25. The molecule has 1 aromatic carbocycles. The second kappa shape index (κ2) is 8.56. The maximum absolute atomic E-state index is 12.9. The molecule has 2 heterocycles. The molecule has 1 aromatic rings. The molecule has 1 N–H and O–H groups in total. The van der Waals surface area contributed by atoms with Crippen LogP contribution in [0.2, 0.25) is 10.0 Å². The van der Waals surface area contributed by atoms with Crippen molar-refractivity contribution in [3.8, 4) is 0 Å². The highest BCUT2D eigenvalue weighted by Crippen LogP contribution is 2.53. The zero-order valence-electron chi connectivity index (χ0n) is 17.3. The van der Waals surface area contributed by atoms with Crippen LogP contribution in [0.1, 0.15) is 39.0 Å². The van der Waals surface area contributed by atoms with Crippen LogP contribution in [0.3, 0.4) is 0 Å². The van der Waals surface area contributed by atoms with Gasteiger partial charge in [0.15, 0.2) is 0 Å². The van der Waals surface area contributed by atoms with Gasteiger partial charge in [-0.1, -0.05) is 23.2 Å². The number of halogens is 2. The normalized spacial score (nSPS) is 25.7. The fourth-order valence-corrected chi connectivity index (χ4v) is 5.03. The molecular weight excluding hydrogens is 425 g/mol. The Morgan fingerprint density at radius 3 is 2.60 bits per heavy atom. The molecule has 1 saturated carbocycles.